The first-order chi connectivity index (χ1) is 13.2. The first-order valence-corrected chi connectivity index (χ1v) is 9.30. The molecule has 27 heavy (non-hydrogen) atoms. The highest BCUT2D eigenvalue weighted by Crippen LogP contribution is 2.29. The van der Waals surface area contributed by atoms with Crippen molar-refractivity contribution in [2.75, 3.05) is 26.2 Å². The standard InChI is InChI=1S/C20H21N5O2/c26-14-3-1-12(2-4-14)17-7-15(16-9-22-24-20(16)23-17)19(27)11-25-6-5-13-8-21-10-18(13)25/h1-4,7,9,13,18,21,26H,5-6,8,10-11H2,(H,22,23,24). The molecule has 4 heterocycles. The van der Waals surface area contributed by atoms with Crippen molar-refractivity contribution in [2.24, 2.45) is 5.92 Å². The number of rotatable bonds is 4. The van der Waals surface area contributed by atoms with Crippen LogP contribution >= 0.6 is 0 Å². The maximum Gasteiger partial charge on any atom is 0.177 e. The number of nitrogens with zero attached hydrogens (tertiary/aromatic N) is 3. The monoisotopic (exact) mass is 363 g/mol. The lowest BCUT2D eigenvalue weighted by molar-refractivity contribution is 0.0923. The highest BCUT2D eigenvalue weighted by Gasteiger charge is 2.38. The smallest absolute Gasteiger partial charge is 0.177 e. The molecule has 3 N–H and O–H groups in total. The van der Waals surface area contributed by atoms with Crippen molar-refractivity contribution in [3.63, 3.8) is 0 Å². The molecule has 2 aliphatic heterocycles. The number of aromatic nitrogens is 3. The summed E-state index contributed by atoms with van der Waals surface area (Å²) in [7, 11) is 0. The van der Waals surface area contributed by atoms with Gasteiger partial charge in [-0.1, -0.05) is 0 Å². The molecule has 2 saturated heterocycles. The molecule has 2 atom stereocenters. The Hall–Kier alpha value is -2.77. The Morgan fingerprint density at radius 3 is 2.96 bits per heavy atom. The lowest BCUT2D eigenvalue weighted by Crippen LogP contribution is -2.38. The summed E-state index contributed by atoms with van der Waals surface area (Å²) >= 11 is 0. The minimum absolute atomic E-state index is 0.0939. The fourth-order valence-corrected chi connectivity index (χ4v) is 4.34. The molecular formula is C20H21N5O2. The minimum atomic E-state index is 0.0939. The van der Waals surface area contributed by atoms with Crippen LogP contribution in [0.15, 0.2) is 36.5 Å². The second kappa shape index (κ2) is 6.44. The van der Waals surface area contributed by atoms with E-state index in [0.717, 1.165) is 37.0 Å². The number of carbonyl (C=O) groups excluding carboxylic acids is 1. The van der Waals surface area contributed by atoms with Crippen molar-refractivity contribution >= 4 is 16.8 Å². The van der Waals surface area contributed by atoms with Gasteiger partial charge in [0.25, 0.3) is 0 Å². The Labute approximate surface area is 156 Å². The SMILES string of the molecule is O=C(CN1CCC2CNCC21)c1cc(-c2ccc(O)cc2)nc2[nH]ncc12. The second-order valence-corrected chi connectivity index (χ2v) is 7.40. The predicted molar refractivity (Wildman–Crippen MR) is 102 cm³/mol. The highest BCUT2D eigenvalue weighted by molar-refractivity contribution is 6.08. The molecule has 0 saturated carbocycles. The molecule has 3 aromatic rings. The number of fused-ring (bicyclic) bond motifs is 2. The maximum absolute atomic E-state index is 13.2. The van der Waals surface area contributed by atoms with Crippen LogP contribution in [0, 0.1) is 5.92 Å². The summed E-state index contributed by atoms with van der Waals surface area (Å²) in [6.07, 6.45) is 2.82. The number of aromatic hydroxyl groups is 1. The van der Waals surface area contributed by atoms with Crippen molar-refractivity contribution in [3.05, 3.63) is 42.1 Å². The van der Waals surface area contributed by atoms with Crippen LogP contribution in [0.25, 0.3) is 22.3 Å². The van der Waals surface area contributed by atoms with E-state index >= 15 is 0 Å². The van der Waals surface area contributed by atoms with Crippen molar-refractivity contribution in [1.82, 2.24) is 25.4 Å². The molecule has 2 unspecified atom stereocenters. The summed E-state index contributed by atoms with van der Waals surface area (Å²) in [4.78, 5) is 20.1. The number of hydrogen-bond donors (Lipinski definition) is 3. The Balaban J connectivity index is 1.49. The van der Waals surface area contributed by atoms with Crippen molar-refractivity contribution in [1.29, 1.82) is 0 Å². The zero-order valence-electron chi connectivity index (χ0n) is 14.9. The van der Waals surface area contributed by atoms with Gasteiger partial charge in [0.15, 0.2) is 11.4 Å². The molecule has 0 radical (unpaired) electrons. The Bertz CT molecular complexity index is 997. The number of likely N-dealkylation sites (tertiary alicyclic amines) is 1. The van der Waals surface area contributed by atoms with Gasteiger partial charge in [-0.3, -0.25) is 14.8 Å². The van der Waals surface area contributed by atoms with Crippen molar-refractivity contribution < 1.29 is 9.90 Å². The van der Waals surface area contributed by atoms with Crippen LogP contribution in [0.5, 0.6) is 5.75 Å². The van der Waals surface area contributed by atoms with Gasteiger partial charge in [-0.2, -0.15) is 5.10 Å². The summed E-state index contributed by atoms with van der Waals surface area (Å²) in [5.74, 6) is 0.958. The number of carbonyl (C=O) groups is 1. The fraction of sp³-hybridized carbons (Fsp3) is 0.350. The summed E-state index contributed by atoms with van der Waals surface area (Å²) in [6, 6.07) is 9.13. The molecule has 0 amide bonds. The average Bonchev–Trinajstić information content (AvgIpc) is 3.39. The van der Waals surface area contributed by atoms with E-state index in [1.807, 2.05) is 6.07 Å². The van der Waals surface area contributed by atoms with Gasteiger partial charge < -0.3 is 10.4 Å². The number of phenolic OH excluding ortho intramolecular Hbond substituents is 1. The van der Waals surface area contributed by atoms with Crippen molar-refractivity contribution in [2.45, 2.75) is 12.5 Å². The first-order valence-electron chi connectivity index (χ1n) is 9.30. The van der Waals surface area contributed by atoms with Gasteiger partial charge >= 0.3 is 0 Å². The van der Waals surface area contributed by atoms with Gasteiger partial charge in [-0.15, -0.1) is 0 Å². The quantitative estimate of drug-likeness (QED) is 0.612. The summed E-state index contributed by atoms with van der Waals surface area (Å²) in [5.41, 5.74) is 2.79. The molecule has 7 heteroatoms. The third-order valence-corrected chi connectivity index (χ3v) is 5.79. The molecule has 2 aromatic heterocycles. The molecule has 0 spiro atoms. The molecular weight excluding hydrogens is 342 g/mol. The minimum Gasteiger partial charge on any atom is -0.508 e. The Morgan fingerprint density at radius 1 is 1.26 bits per heavy atom. The highest BCUT2D eigenvalue weighted by atomic mass is 16.3. The Kier molecular flexibility index (Phi) is 3.91. The van der Waals surface area contributed by atoms with E-state index in [1.165, 1.54) is 0 Å². The van der Waals surface area contributed by atoms with Crippen molar-refractivity contribution in [3.8, 4) is 17.0 Å². The average molecular weight is 363 g/mol. The van der Waals surface area contributed by atoms with Gasteiger partial charge in [0, 0.05) is 29.1 Å². The van der Waals surface area contributed by atoms with Crippen LogP contribution in [0.2, 0.25) is 0 Å². The molecule has 138 valence electrons. The molecule has 2 aliphatic rings. The van der Waals surface area contributed by atoms with E-state index < -0.39 is 0 Å². The number of phenols is 1. The second-order valence-electron chi connectivity index (χ2n) is 7.40. The number of aromatic amines is 1. The van der Waals surface area contributed by atoms with Gasteiger partial charge in [0.1, 0.15) is 5.75 Å². The van der Waals surface area contributed by atoms with Crippen LogP contribution in [-0.4, -0.2) is 63.2 Å². The zero-order valence-corrected chi connectivity index (χ0v) is 14.9. The number of Topliss-reactive ketones (excluding diaryl/α,β-unsaturated/α-hetero) is 1. The zero-order chi connectivity index (χ0) is 18.4. The van der Waals surface area contributed by atoms with E-state index in [0.29, 0.717) is 35.4 Å². The van der Waals surface area contributed by atoms with E-state index in [9.17, 15) is 9.90 Å². The lowest BCUT2D eigenvalue weighted by Gasteiger charge is -2.22. The first kappa shape index (κ1) is 16.4. The number of hydrogen-bond acceptors (Lipinski definition) is 6. The fourth-order valence-electron chi connectivity index (χ4n) is 4.34. The third kappa shape index (κ3) is 2.89. The van der Waals surface area contributed by atoms with E-state index in [1.54, 1.807) is 30.5 Å². The van der Waals surface area contributed by atoms with Crippen LogP contribution in [-0.2, 0) is 0 Å². The largest absolute Gasteiger partial charge is 0.508 e. The third-order valence-electron chi connectivity index (χ3n) is 5.79. The molecule has 0 aliphatic carbocycles. The number of pyridine rings is 1. The van der Waals surface area contributed by atoms with Crippen LogP contribution in [0.1, 0.15) is 16.8 Å². The molecule has 0 bridgehead atoms. The van der Waals surface area contributed by atoms with E-state index in [4.69, 9.17) is 0 Å². The summed E-state index contributed by atoms with van der Waals surface area (Å²) in [5, 5.41) is 20.7. The predicted octanol–water partition coefficient (Wildman–Crippen LogP) is 1.81. The van der Waals surface area contributed by atoms with E-state index in [2.05, 4.69) is 25.4 Å². The topological polar surface area (TPSA) is 94.1 Å². The molecule has 1 aromatic carbocycles. The molecule has 5 rings (SSSR count). The molecule has 2 fully saturated rings. The van der Waals surface area contributed by atoms with Crippen LogP contribution in [0.4, 0.5) is 0 Å². The van der Waals surface area contributed by atoms with Crippen LogP contribution in [0.3, 0.4) is 0 Å². The number of H-pyrrole nitrogens is 1. The number of benzene rings is 1. The number of nitrogens with one attached hydrogen (secondary N) is 2. The molecule has 7 nitrogen and oxygen atoms in total. The van der Waals surface area contributed by atoms with E-state index in [-0.39, 0.29) is 11.5 Å². The van der Waals surface area contributed by atoms with Gasteiger partial charge in [-0.05, 0) is 55.8 Å². The lowest BCUT2D eigenvalue weighted by atomic mass is 10.0. The Morgan fingerprint density at radius 2 is 2.11 bits per heavy atom. The van der Waals surface area contributed by atoms with Crippen LogP contribution < -0.4 is 5.32 Å². The van der Waals surface area contributed by atoms with Gasteiger partial charge in [-0.25, -0.2) is 4.98 Å². The summed E-state index contributed by atoms with van der Waals surface area (Å²) < 4.78 is 0. The van der Waals surface area contributed by atoms with Gasteiger partial charge in [0.05, 0.1) is 18.4 Å². The van der Waals surface area contributed by atoms with Gasteiger partial charge in [0.2, 0.25) is 0 Å². The summed E-state index contributed by atoms with van der Waals surface area (Å²) in [6.45, 7) is 3.42. The maximum atomic E-state index is 13.2. The number of ketones is 1. The normalized spacial score (nSPS) is 22.4.